The molecule has 1 atom stereocenters. The Balaban J connectivity index is 1.31. The van der Waals surface area contributed by atoms with Crippen LogP contribution in [0.4, 0.5) is 4.79 Å². The van der Waals surface area contributed by atoms with Gasteiger partial charge in [0.2, 0.25) is 15.9 Å². The van der Waals surface area contributed by atoms with Crippen LogP contribution < -0.4 is 4.74 Å². The highest BCUT2D eigenvalue weighted by Crippen LogP contribution is 2.45. The highest BCUT2D eigenvalue weighted by atomic mass is 32.2. The van der Waals surface area contributed by atoms with E-state index in [4.69, 9.17) is 14.5 Å². The summed E-state index contributed by atoms with van der Waals surface area (Å²) in [5.74, 6) is -1.13. The van der Waals surface area contributed by atoms with Crippen molar-refractivity contribution in [2.75, 3.05) is 19.6 Å². The van der Waals surface area contributed by atoms with Crippen molar-refractivity contribution in [3.8, 4) is 5.88 Å². The van der Waals surface area contributed by atoms with E-state index in [9.17, 15) is 23.1 Å². The normalized spacial score (nSPS) is 17.0. The first kappa shape index (κ1) is 36.9. The van der Waals surface area contributed by atoms with Gasteiger partial charge in [-0.15, -0.1) is 5.10 Å². The molecule has 2 aliphatic heterocycles. The van der Waals surface area contributed by atoms with Crippen LogP contribution in [0.2, 0.25) is 0 Å². The summed E-state index contributed by atoms with van der Waals surface area (Å²) in [4.78, 5) is 36.2. The van der Waals surface area contributed by atoms with Gasteiger partial charge in [0.1, 0.15) is 17.0 Å². The fourth-order valence-corrected chi connectivity index (χ4v) is 9.08. The molecule has 5 heterocycles. The van der Waals surface area contributed by atoms with Crippen molar-refractivity contribution in [1.82, 2.24) is 34.2 Å². The number of rotatable bonds is 9. The predicted molar refractivity (Wildman–Crippen MR) is 198 cm³/mol. The van der Waals surface area contributed by atoms with Crippen molar-refractivity contribution in [1.29, 1.82) is 0 Å². The molecular formula is C39H43N7O7S. The molecule has 1 N–H and O–H groups in total. The lowest BCUT2D eigenvalue weighted by atomic mass is 9.71. The van der Waals surface area contributed by atoms with Crippen molar-refractivity contribution in [2.45, 2.75) is 77.7 Å². The molecule has 0 unspecified atom stereocenters. The van der Waals surface area contributed by atoms with Crippen LogP contribution in [0.25, 0.3) is 11.0 Å². The predicted octanol–water partition coefficient (Wildman–Crippen LogP) is 5.38. The number of hydrogen-bond acceptors (Lipinski definition) is 10. The number of aromatic nitrogens is 5. The second-order valence-electron chi connectivity index (χ2n) is 14.8. The smallest absolute Gasteiger partial charge is 0.407 e. The monoisotopic (exact) mass is 753 g/mol. The maximum absolute atomic E-state index is 14.4. The number of benzene rings is 2. The summed E-state index contributed by atoms with van der Waals surface area (Å²) in [6.07, 6.45) is 2.10. The van der Waals surface area contributed by atoms with Crippen LogP contribution >= 0.6 is 0 Å². The Bertz CT molecular complexity index is 2370. The molecule has 14 nitrogen and oxygen atoms in total. The topological polar surface area (TPSA) is 170 Å². The van der Waals surface area contributed by atoms with E-state index in [1.165, 1.54) is 21.5 Å². The first-order valence-electron chi connectivity index (χ1n) is 17.8. The largest absolute Gasteiger partial charge is 0.465 e. The summed E-state index contributed by atoms with van der Waals surface area (Å²) in [6, 6.07) is 16.8. The summed E-state index contributed by atoms with van der Waals surface area (Å²) in [5.41, 5.74) is 4.36. The van der Waals surface area contributed by atoms with Crippen molar-refractivity contribution < 1.29 is 32.6 Å². The number of fused-ring (bicyclic) bond motifs is 2. The number of pyridine rings is 2. The van der Waals surface area contributed by atoms with E-state index in [-0.39, 0.29) is 43.6 Å². The number of sulfonamides is 1. The van der Waals surface area contributed by atoms with E-state index in [0.717, 1.165) is 27.8 Å². The summed E-state index contributed by atoms with van der Waals surface area (Å²) in [7, 11) is -4.17. The van der Waals surface area contributed by atoms with Gasteiger partial charge in [0.15, 0.2) is 5.60 Å². The Kier molecular flexibility index (Phi) is 9.42. The molecule has 54 heavy (non-hydrogen) atoms. The Morgan fingerprint density at radius 1 is 1.02 bits per heavy atom. The molecule has 3 aromatic heterocycles. The number of ether oxygens (including phenoxy) is 2. The van der Waals surface area contributed by atoms with E-state index >= 15 is 0 Å². The molecule has 2 aliphatic rings. The number of hydrogen-bond donors (Lipinski definition) is 1. The van der Waals surface area contributed by atoms with E-state index in [1.807, 2.05) is 87.8 Å². The maximum atomic E-state index is 14.4. The zero-order chi connectivity index (χ0) is 38.6. The SMILES string of the molecule is CCn1nnc2c(C)c([C@H](c3cc(CN4CC5(CN(C(=O)O)C5)Oc5ncc(C)cc5S4(=O)=O)c(C)cn3)C(C)(C)C(=O)OCc3ccccc3)ccc21. The number of carboxylic acid groups (broad SMARTS) is 1. The number of esters is 1. The molecular weight excluding hydrogens is 711 g/mol. The highest BCUT2D eigenvalue weighted by Gasteiger charge is 2.53. The van der Waals surface area contributed by atoms with Crippen LogP contribution in [-0.4, -0.2) is 85.0 Å². The Morgan fingerprint density at radius 2 is 1.76 bits per heavy atom. The molecule has 1 saturated heterocycles. The van der Waals surface area contributed by atoms with E-state index < -0.39 is 39.0 Å². The van der Waals surface area contributed by atoms with Crippen molar-refractivity contribution in [3.05, 3.63) is 106 Å². The molecule has 2 aromatic carbocycles. The van der Waals surface area contributed by atoms with E-state index in [1.54, 1.807) is 13.1 Å². The van der Waals surface area contributed by atoms with Gasteiger partial charge in [-0.25, -0.2) is 22.9 Å². The van der Waals surface area contributed by atoms with Gasteiger partial charge in [-0.05, 0) is 93.1 Å². The number of nitrogens with zero attached hydrogens (tertiary/aromatic N) is 7. The lowest BCUT2D eigenvalue weighted by Gasteiger charge is -2.48. The zero-order valence-corrected chi connectivity index (χ0v) is 31.9. The van der Waals surface area contributed by atoms with Crippen LogP contribution in [0.1, 0.15) is 65.8 Å². The van der Waals surface area contributed by atoms with Crippen molar-refractivity contribution >= 4 is 33.1 Å². The Labute approximate surface area is 313 Å². The summed E-state index contributed by atoms with van der Waals surface area (Å²) < 4.78 is 44.1. The van der Waals surface area contributed by atoms with Gasteiger partial charge in [-0.2, -0.15) is 4.31 Å². The third-order valence-corrected chi connectivity index (χ3v) is 12.3. The Hall–Kier alpha value is -5.41. The standard InChI is InChI=1S/C39H43N7O7S/c1-7-46-31-14-13-29(26(4)34(31)42-43-46)33(38(5,6)36(47)52-20-27-11-9-8-10-12-27)30-16-28(25(3)18-40-30)19-45-23-39(21-44(22-39)37(48)49)53-35-32(54(45,50)51)15-24(2)17-41-35/h8-18,33H,7,19-23H2,1-6H3,(H,48,49)/t33-/m1/s1. The molecule has 7 rings (SSSR count). The fourth-order valence-electron chi connectivity index (χ4n) is 7.44. The first-order chi connectivity index (χ1) is 25.6. The minimum atomic E-state index is -4.17. The number of carbonyl (C=O) groups is 2. The van der Waals surface area contributed by atoms with Crippen LogP contribution in [0, 0.1) is 26.2 Å². The molecule has 0 bridgehead atoms. The Morgan fingerprint density at radius 3 is 2.46 bits per heavy atom. The van der Waals surface area contributed by atoms with Crippen LogP contribution in [0.5, 0.6) is 5.88 Å². The zero-order valence-electron chi connectivity index (χ0n) is 31.1. The first-order valence-corrected chi connectivity index (χ1v) is 19.2. The summed E-state index contributed by atoms with van der Waals surface area (Å²) >= 11 is 0. The molecule has 0 radical (unpaired) electrons. The minimum absolute atomic E-state index is 0.0182. The lowest BCUT2D eigenvalue weighted by Crippen LogP contribution is -2.70. The van der Waals surface area contributed by atoms with Crippen LogP contribution in [0.15, 0.2) is 71.9 Å². The van der Waals surface area contributed by atoms with Gasteiger partial charge >= 0.3 is 12.1 Å². The third kappa shape index (κ3) is 6.55. The number of likely N-dealkylation sites (tertiary alicyclic amines) is 1. The summed E-state index contributed by atoms with van der Waals surface area (Å²) in [5, 5.41) is 18.4. The van der Waals surface area contributed by atoms with Crippen LogP contribution in [-0.2, 0) is 39.3 Å². The van der Waals surface area contributed by atoms with Crippen LogP contribution in [0.3, 0.4) is 0 Å². The van der Waals surface area contributed by atoms with Gasteiger partial charge in [-0.1, -0.05) is 41.6 Å². The highest BCUT2D eigenvalue weighted by molar-refractivity contribution is 7.89. The number of aryl methyl sites for hydroxylation is 4. The van der Waals surface area contributed by atoms with Crippen molar-refractivity contribution in [3.63, 3.8) is 0 Å². The molecule has 5 aromatic rings. The second-order valence-corrected chi connectivity index (χ2v) is 16.7. The quantitative estimate of drug-likeness (QED) is 0.192. The van der Waals surface area contributed by atoms with Gasteiger partial charge in [0.25, 0.3) is 0 Å². The van der Waals surface area contributed by atoms with Gasteiger partial charge < -0.3 is 19.5 Å². The van der Waals surface area contributed by atoms with Gasteiger partial charge in [0.05, 0.1) is 30.6 Å². The molecule has 282 valence electrons. The average molecular weight is 754 g/mol. The van der Waals surface area contributed by atoms with Gasteiger partial charge in [0, 0.05) is 37.1 Å². The molecule has 1 fully saturated rings. The fraction of sp³-hybridized carbons (Fsp3) is 0.385. The third-order valence-electron chi connectivity index (χ3n) is 10.5. The number of amides is 1. The molecule has 0 saturated carbocycles. The van der Waals surface area contributed by atoms with Crippen molar-refractivity contribution in [2.24, 2.45) is 5.41 Å². The average Bonchev–Trinajstić information content (AvgIpc) is 3.52. The molecule has 1 amide bonds. The van der Waals surface area contributed by atoms with Gasteiger partial charge in [-0.3, -0.25) is 9.78 Å². The maximum Gasteiger partial charge on any atom is 0.407 e. The van der Waals surface area contributed by atoms with E-state index in [2.05, 4.69) is 15.3 Å². The van der Waals surface area contributed by atoms with E-state index in [0.29, 0.717) is 28.9 Å². The lowest BCUT2D eigenvalue weighted by molar-refractivity contribution is -0.156. The summed E-state index contributed by atoms with van der Waals surface area (Å²) in [6.45, 7) is 11.7. The second kappa shape index (κ2) is 13.8. The molecule has 0 aliphatic carbocycles. The minimum Gasteiger partial charge on any atom is -0.465 e. The molecule has 1 spiro atoms. The number of carbonyl (C=O) groups excluding carboxylic acids is 1. The molecule has 15 heteroatoms.